The number of aldehydes is 1. The van der Waals surface area contributed by atoms with Gasteiger partial charge in [-0.05, 0) is 25.0 Å². The van der Waals surface area contributed by atoms with Gasteiger partial charge in [-0.15, -0.1) is 0 Å². The Labute approximate surface area is 91.7 Å². The normalized spacial score (nSPS) is 10.2. The Morgan fingerprint density at radius 2 is 1.88 bits per heavy atom. The highest BCUT2D eigenvalue weighted by Gasteiger charge is 2.12. The maximum atomic E-state index is 13.2. The second-order valence-electron chi connectivity index (χ2n) is 3.21. The molecule has 0 saturated carbocycles. The van der Waals surface area contributed by atoms with Crippen molar-refractivity contribution in [1.29, 1.82) is 0 Å². The van der Waals surface area contributed by atoms with Gasteiger partial charge in [0, 0.05) is 12.2 Å². The van der Waals surface area contributed by atoms with Crippen molar-refractivity contribution in [2.24, 2.45) is 0 Å². The number of benzene rings is 1. The van der Waals surface area contributed by atoms with E-state index in [9.17, 15) is 13.6 Å². The van der Waals surface area contributed by atoms with E-state index in [1.165, 1.54) is 0 Å². The van der Waals surface area contributed by atoms with Gasteiger partial charge in [0.15, 0.2) is 17.4 Å². The molecule has 1 aromatic rings. The Balaban J connectivity index is 2.69. The van der Waals surface area contributed by atoms with Gasteiger partial charge in [-0.3, -0.25) is 4.79 Å². The van der Waals surface area contributed by atoms with Crippen LogP contribution < -0.4 is 4.74 Å². The number of aliphatic hydroxyl groups excluding tert-OH is 1. The fraction of sp³-hybridized carbons (Fsp3) is 0.364. The number of carbonyl (C=O) groups is 1. The summed E-state index contributed by atoms with van der Waals surface area (Å²) >= 11 is 0. The maximum Gasteiger partial charge on any atom is 0.190 e. The summed E-state index contributed by atoms with van der Waals surface area (Å²) in [5, 5.41) is 8.50. The van der Waals surface area contributed by atoms with Crippen molar-refractivity contribution < 1.29 is 23.4 Å². The van der Waals surface area contributed by atoms with Gasteiger partial charge in [0.1, 0.15) is 6.29 Å². The number of aliphatic hydroxyl groups is 1. The Morgan fingerprint density at radius 3 is 2.38 bits per heavy atom. The Hall–Kier alpha value is -1.49. The van der Waals surface area contributed by atoms with Crippen LogP contribution in [-0.2, 0) is 0 Å². The second-order valence-corrected chi connectivity index (χ2v) is 3.21. The summed E-state index contributed by atoms with van der Waals surface area (Å²) in [6.07, 6.45) is 1.38. The zero-order valence-corrected chi connectivity index (χ0v) is 8.58. The van der Waals surface area contributed by atoms with Gasteiger partial charge in [0.25, 0.3) is 0 Å². The molecule has 0 unspecified atom stereocenters. The molecular weight excluding hydrogens is 218 g/mol. The number of ether oxygens (including phenoxy) is 1. The number of hydrogen-bond donors (Lipinski definition) is 1. The van der Waals surface area contributed by atoms with E-state index in [0.717, 1.165) is 12.1 Å². The predicted octanol–water partition coefficient (Wildman–Crippen LogP) is 1.93. The molecule has 0 aliphatic carbocycles. The lowest BCUT2D eigenvalue weighted by Crippen LogP contribution is -2.03. The summed E-state index contributed by atoms with van der Waals surface area (Å²) in [7, 11) is 0. The molecule has 0 heterocycles. The molecule has 88 valence electrons. The first-order valence-electron chi connectivity index (χ1n) is 4.87. The molecule has 0 spiro atoms. The van der Waals surface area contributed by atoms with Gasteiger partial charge in [-0.25, -0.2) is 8.78 Å². The molecule has 3 nitrogen and oxygen atoms in total. The topological polar surface area (TPSA) is 46.5 Å². The third kappa shape index (κ3) is 3.27. The number of halogens is 2. The molecule has 0 bridgehead atoms. The minimum atomic E-state index is -0.897. The van der Waals surface area contributed by atoms with Crippen LogP contribution in [0.3, 0.4) is 0 Å². The van der Waals surface area contributed by atoms with Crippen LogP contribution >= 0.6 is 0 Å². The smallest absolute Gasteiger partial charge is 0.190 e. The van der Waals surface area contributed by atoms with Crippen molar-refractivity contribution in [1.82, 2.24) is 0 Å². The highest BCUT2D eigenvalue weighted by Crippen LogP contribution is 2.22. The summed E-state index contributed by atoms with van der Waals surface area (Å²) < 4.78 is 31.4. The number of hydrogen-bond acceptors (Lipinski definition) is 3. The minimum Gasteiger partial charge on any atom is -0.488 e. The SMILES string of the molecule is O=Cc1cc(F)c(OCCCCO)c(F)c1. The average Bonchev–Trinajstić information content (AvgIpc) is 2.26. The molecule has 1 aromatic carbocycles. The molecular formula is C11H12F2O3. The predicted molar refractivity (Wildman–Crippen MR) is 53.6 cm³/mol. The molecule has 1 rings (SSSR count). The maximum absolute atomic E-state index is 13.2. The highest BCUT2D eigenvalue weighted by molar-refractivity contribution is 5.75. The molecule has 0 amide bonds. The van der Waals surface area contributed by atoms with Crippen molar-refractivity contribution in [3.63, 3.8) is 0 Å². The van der Waals surface area contributed by atoms with E-state index < -0.39 is 17.4 Å². The van der Waals surface area contributed by atoms with Crippen molar-refractivity contribution >= 4 is 6.29 Å². The highest BCUT2D eigenvalue weighted by atomic mass is 19.1. The van der Waals surface area contributed by atoms with Gasteiger partial charge in [0.05, 0.1) is 6.61 Å². The van der Waals surface area contributed by atoms with Gasteiger partial charge >= 0.3 is 0 Å². The minimum absolute atomic E-state index is 0.0123. The van der Waals surface area contributed by atoms with E-state index >= 15 is 0 Å². The van der Waals surface area contributed by atoms with E-state index in [0.29, 0.717) is 19.1 Å². The summed E-state index contributed by atoms with van der Waals surface area (Å²) in [5.74, 6) is -2.28. The zero-order valence-electron chi connectivity index (χ0n) is 8.58. The first-order chi connectivity index (χ1) is 7.69. The molecule has 16 heavy (non-hydrogen) atoms. The van der Waals surface area contributed by atoms with E-state index in [-0.39, 0.29) is 18.8 Å². The Kier molecular flexibility index (Phi) is 4.85. The van der Waals surface area contributed by atoms with Crippen molar-refractivity contribution in [2.45, 2.75) is 12.8 Å². The molecule has 0 fully saturated rings. The fourth-order valence-electron chi connectivity index (χ4n) is 1.17. The van der Waals surface area contributed by atoms with E-state index in [1.807, 2.05) is 0 Å². The first-order valence-corrected chi connectivity index (χ1v) is 4.87. The van der Waals surface area contributed by atoms with E-state index in [2.05, 4.69) is 0 Å². The van der Waals surface area contributed by atoms with E-state index in [1.54, 1.807) is 0 Å². The van der Waals surface area contributed by atoms with Gasteiger partial charge in [-0.2, -0.15) is 0 Å². The van der Waals surface area contributed by atoms with Crippen LogP contribution in [0.15, 0.2) is 12.1 Å². The number of unbranched alkanes of at least 4 members (excludes halogenated alkanes) is 1. The first kappa shape index (κ1) is 12.6. The molecule has 0 atom stereocenters. The summed E-state index contributed by atoms with van der Waals surface area (Å²) in [4.78, 5) is 10.3. The molecule has 0 aliphatic rings. The molecule has 0 saturated heterocycles. The van der Waals surface area contributed by atoms with Crippen LogP contribution in [0.1, 0.15) is 23.2 Å². The molecule has 1 N–H and O–H groups in total. The largest absolute Gasteiger partial charge is 0.488 e. The van der Waals surface area contributed by atoms with Crippen molar-refractivity contribution in [3.05, 3.63) is 29.3 Å². The lowest BCUT2D eigenvalue weighted by atomic mass is 10.2. The lowest BCUT2D eigenvalue weighted by Gasteiger charge is -2.08. The van der Waals surface area contributed by atoms with Crippen LogP contribution in [0, 0.1) is 11.6 Å². The zero-order chi connectivity index (χ0) is 12.0. The number of rotatable bonds is 6. The van der Waals surface area contributed by atoms with Crippen LogP contribution in [0.4, 0.5) is 8.78 Å². The van der Waals surface area contributed by atoms with Gasteiger partial charge < -0.3 is 9.84 Å². The van der Waals surface area contributed by atoms with Crippen molar-refractivity contribution in [2.75, 3.05) is 13.2 Å². The quantitative estimate of drug-likeness (QED) is 0.600. The van der Waals surface area contributed by atoms with Crippen LogP contribution in [0.5, 0.6) is 5.75 Å². The monoisotopic (exact) mass is 230 g/mol. The number of carbonyl (C=O) groups excluding carboxylic acids is 1. The Bertz CT molecular complexity index is 343. The molecule has 0 radical (unpaired) electrons. The molecule has 0 aromatic heterocycles. The van der Waals surface area contributed by atoms with Crippen LogP contribution in [0.25, 0.3) is 0 Å². The fourth-order valence-corrected chi connectivity index (χ4v) is 1.17. The second kappa shape index (κ2) is 6.17. The van der Waals surface area contributed by atoms with Gasteiger partial charge in [-0.1, -0.05) is 0 Å². The molecule has 5 heteroatoms. The Morgan fingerprint density at radius 1 is 1.25 bits per heavy atom. The van der Waals surface area contributed by atoms with Crippen molar-refractivity contribution in [3.8, 4) is 5.75 Å². The summed E-state index contributed by atoms with van der Waals surface area (Å²) in [5.41, 5.74) is -0.0716. The lowest BCUT2D eigenvalue weighted by molar-refractivity contribution is 0.112. The van der Waals surface area contributed by atoms with Crippen LogP contribution in [0.2, 0.25) is 0 Å². The van der Waals surface area contributed by atoms with Crippen LogP contribution in [-0.4, -0.2) is 24.6 Å². The third-order valence-electron chi connectivity index (χ3n) is 1.96. The summed E-state index contributed by atoms with van der Waals surface area (Å²) in [6.45, 7) is 0.132. The van der Waals surface area contributed by atoms with Gasteiger partial charge in [0.2, 0.25) is 0 Å². The molecule has 0 aliphatic heterocycles. The standard InChI is InChI=1S/C11H12F2O3/c12-9-5-8(7-15)6-10(13)11(9)16-4-2-1-3-14/h5-7,14H,1-4H2. The van der Waals surface area contributed by atoms with E-state index in [4.69, 9.17) is 9.84 Å². The summed E-state index contributed by atoms with van der Waals surface area (Å²) in [6, 6.07) is 1.83. The average molecular weight is 230 g/mol. The third-order valence-corrected chi connectivity index (χ3v) is 1.96.